The lowest BCUT2D eigenvalue weighted by Gasteiger charge is -2.05. The number of pyridine rings is 1. The number of anilines is 1. The van der Waals surface area contributed by atoms with Crippen LogP contribution in [-0.2, 0) is 6.54 Å². The largest absolute Gasteiger partial charge is 0.380 e. The van der Waals surface area contributed by atoms with Crippen LogP contribution >= 0.6 is 0 Å². The average Bonchev–Trinajstić information content (AvgIpc) is 2.37. The minimum atomic E-state index is -0.451. The van der Waals surface area contributed by atoms with E-state index in [4.69, 9.17) is 0 Å². The first-order valence-electron chi connectivity index (χ1n) is 5.23. The molecule has 0 amide bonds. The zero-order valence-electron chi connectivity index (χ0n) is 9.34. The lowest BCUT2D eigenvalue weighted by molar-refractivity contribution is -0.384. The number of aromatic nitrogens is 1. The Kier molecular flexibility index (Phi) is 3.47. The van der Waals surface area contributed by atoms with Gasteiger partial charge in [0.25, 0.3) is 5.69 Å². The quantitative estimate of drug-likeness (QED) is 0.666. The van der Waals surface area contributed by atoms with E-state index in [-0.39, 0.29) is 5.69 Å². The number of nitrogens with zero attached hydrogens (tertiary/aromatic N) is 2. The van der Waals surface area contributed by atoms with E-state index in [0.717, 1.165) is 11.8 Å². The highest BCUT2D eigenvalue weighted by Gasteiger charge is 2.03. The van der Waals surface area contributed by atoms with E-state index in [2.05, 4.69) is 10.3 Å². The van der Waals surface area contributed by atoms with Gasteiger partial charge < -0.3 is 5.32 Å². The monoisotopic (exact) mass is 247 g/mol. The zero-order chi connectivity index (χ0) is 13.0. The SMILES string of the molecule is O=[N+]([O-])c1ccc(CNc2cncc(F)c2)cc1. The predicted molar refractivity (Wildman–Crippen MR) is 64.6 cm³/mol. The Morgan fingerprint density at radius 3 is 2.61 bits per heavy atom. The molecule has 2 aromatic rings. The molecule has 0 radical (unpaired) electrons. The maximum absolute atomic E-state index is 12.9. The molecular weight excluding hydrogens is 237 g/mol. The first-order valence-corrected chi connectivity index (χ1v) is 5.23. The van der Waals surface area contributed by atoms with Crippen LogP contribution in [0, 0.1) is 15.9 Å². The lowest BCUT2D eigenvalue weighted by atomic mass is 10.2. The van der Waals surface area contributed by atoms with Crippen molar-refractivity contribution in [3.05, 3.63) is 64.2 Å². The highest BCUT2D eigenvalue weighted by molar-refractivity contribution is 5.42. The highest BCUT2D eigenvalue weighted by atomic mass is 19.1. The molecule has 0 aliphatic carbocycles. The predicted octanol–water partition coefficient (Wildman–Crippen LogP) is 2.74. The van der Waals surface area contributed by atoms with Crippen molar-refractivity contribution >= 4 is 11.4 Å². The van der Waals surface area contributed by atoms with Crippen LogP contribution in [0.15, 0.2) is 42.7 Å². The summed E-state index contributed by atoms with van der Waals surface area (Å²) >= 11 is 0. The van der Waals surface area contributed by atoms with Crippen molar-refractivity contribution in [1.82, 2.24) is 4.98 Å². The maximum Gasteiger partial charge on any atom is 0.269 e. The summed E-state index contributed by atoms with van der Waals surface area (Å²) in [6.07, 6.45) is 2.63. The van der Waals surface area contributed by atoms with E-state index >= 15 is 0 Å². The summed E-state index contributed by atoms with van der Waals surface area (Å²) in [7, 11) is 0. The molecule has 2 rings (SSSR count). The first kappa shape index (κ1) is 12.0. The molecule has 0 aliphatic rings. The van der Waals surface area contributed by atoms with E-state index in [1.54, 1.807) is 12.1 Å². The van der Waals surface area contributed by atoms with E-state index in [9.17, 15) is 14.5 Å². The van der Waals surface area contributed by atoms with E-state index in [1.807, 2.05) is 0 Å². The fraction of sp³-hybridized carbons (Fsp3) is 0.0833. The third kappa shape index (κ3) is 3.00. The van der Waals surface area contributed by atoms with E-state index in [1.165, 1.54) is 24.4 Å². The summed E-state index contributed by atoms with van der Waals surface area (Å²) in [5.41, 5.74) is 1.48. The number of hydrogen-bond donors (Lipinski definition) is 1. The molecule has 92 valence electrons. The van der Waals surface area contributed by atoms with Gasteiger partial charge in [-0.3, -0.25) is 15.1 Å². The van der Waals surface area contributed by atoms with Gasteiger partial charge in [0.15, 0.2) is 0 Å². The number of benzene rings is 1. The van der Waals surface area contributed by atoms with Crippen LogP contribution in [0.3, 0.4) is 0 Å². The van der Waals surface area contributed by atoms with Gasteiger partial charge in [0.05, 0.1) is 23.0 Å². The van der Waals surface area contributed by atoms with Gasteiger partial charge in [0.2, 0.25) is 0 Å². The Bertz CT molecular complexity index is 558. The van der Waals surface area contributed by atoms with Crippen molar-refractivity contribution in [2.24, 2.45) is 0 Å². The van der Waals surface area contributed by atoms with Crippen molar-refractivity contribution in [2.45, 2.75) is 6.54 Å². The van der Waals surface area contributed by atoms with Gasteiger partial charge in [0, 0.05) is 24.7 Å². The molecule has 0 aliphatic heterocycles. The molecule has 18 heavy (non-hydrogen) atoms. The fourth-order valence-electron chi connectivity index (χ4n) is 1.45. The summed E-state index contributed by atoms with van der Waals surface area (Å²) in [6, 6.07) is 7.50. The first-order chi connectivity index (χ1) is 8.65. The Labute approximate surface area is 102 Å². The molecule has 0 bridgehead atoms. The summed E-state index contributed by atoms with van der Waals surface area (Å²) in [5.74, 6) is -0.413. The number of nitro benzene ring substituents is 1. The van der Waals surface area contributed by atoms with Crippen LogP contribution in [0.25, 0.3) is 0 Å². The van der Waals surface area contributed by atoms with Gasteiger partial charge in [-0.05, 0) is 5.56 Å². The number of non-ortho nitro benzene ring substituents is 1. The Morgan fingerprint density at radius 1 is 1.28 bits per heavy atom. The molecule has 0 saturated carbocycles. The minimum Gasteiger partial charge on any atom is -0.380 e. The second-order valence-corrected chi connectivity index (χ2v) is 3.67. The normalized spacial score (nSPS) is 10.1. The van der Waals surface area contributed by atoms with E-state index in [0.29, 0.717) is 12.2 Å². The summed E-state index contributed by atoms with van der Waals surface area (Å²) < 4.78 is 12.9. The third-order valence-corrected chi connectivity index (χ3v) is 2.35. The summed E-state index contributed by atoms with van der Waals surface area (Å²) in [5, 5.41) is 13.4. The van der Waals surface area contributed by atoms with Crippen molar-refractivity contribution in [2.75, 3.05) is 5.32 Å². The molecule has 5 nitrogen and oxygen atoms in total. The second kappa shape index (κ2) is 5.22. The second-order valence-electron chi connectivity index (χ2n) is 3.67. The van der Waals surface area contributed by atoms with Gasteiger partial charge in [-0.2, -0.15) is 0 Å². The molecule has 0 spiro atoms. The molecule has 0 atom stereocenters. The van der Waals surface area contributed by atoms with Crippen molar-refractivity contribution in [1.29, 1.82) is 0 Å². The van der Waals surface area contributed by atoms with Crippen molar-refractivity contribution in [3.8, 4) is 0 Å². The minimum absolute atomic E-state index is 0.0474. The maximum atomic E-state index is 12.9. The Balaban J connectivity index is 2.00. The molecule has 6 heteroatoms. The molecule has 1 N–H and O–H groups in total. The van der Waals surface area contributed by atoms with Gasteiger partial charge >= 0.3 is 0 Å². The van der Waals surface area contributed by atoms with Gasteiger partial charge in [-0.15, -0.1) is 0 Å². The third-order valence-electron chi connectivity index (χ3n) is 2.35. The van der Waals surface area contributed by atoms with Crippen molar-refractivity contribution in [3.63, 3.8) is 0 Å². The summed E-state index contributed by atoms with van der Waals surface area (Å²) in [6.45, 7) is 0.448. The fourth-order valence-corrected chi connectivity index (χ4v) is 1.45. The van der Waals surface area contributed by atoms with Gasteiger partial charge in [0.1, 0.15) is 5.82 Å². The van der Waals surface area contributed by atoms with Crippen LogP contribution in [0.1, 0.15) is 5.56 Å². The Morgan fingerprint density at radius 2 is 2.00 bits per heavy atom. The summed E-state index contributed by atoms with van der Waals surface area (Å²) in [4.78, 5) is 13.7. The number of halogens is 1. The standard InChI is InChI=1S/C12H10FN3O2/c13-10-5-11(8-14-7-10)15-6-9-1-3-12(4-2-9)16(17)18/h1-5,7-8,15H,6H2. The highest BCUT2D eigenvalue weighted by Crippen LogP contribution is 2.13. The van der Waals surface area contributed by atoms with Crippen LogP contribution in [-0.4, -0.2) is 9.91 Å². The van der Waals surface area contributed by atoms with Crippen molar-refractivity contribution < 1.29 is 9.31 Å². The topological polar surface area (TPSA) is 68.1 Å². The molecule has 1 heterocycles. The molecular formula is C12H10FN3O2. The number of nitrogens with one attached hydrogen (secondary N) is 1. The number of rotatable bonds is 4. The molecule has 0 unspecified atom stereocenters. The van der Waals surface area contributed by atoms with Gasteiger partial charge in [-0.1, -0.05) is 12.1 Å². The van der Waals surface area contributed by atoms with E-state index < -0.39 is 10.7 Å². The van der Waals surface area contributed by atoms with Crippen LogP contribution < -0.4 is 5.32 Å². The molecule has 1 aromatic heterocycles. The Hall–Kier alpha value is -2.50. The molecule has 0 saturated heterocycles. The van der Waals surface area contributed by atoms with Crippen LogP contribution in [0.2, 0.25) is 0 Å². The zero-order valence-corrected chi connectivity index (χ0v) is 9.34. The lowest BCUT2D eigenvalue weighted by Crippen LogP contribution is -2.00. The average molecular weight is 247 g/mol. The van der Waals surface area contributed by atoms with Gasteiger partial charge in [-0.25, -0.2) is 4.39 Å². The molecule has 1 aromatic carbocycles. The van der Waals surface area contributed by atoms with Crippen LogP contribution in [0.4, 0.5) is 15.8 Å². The van der Waals surface area contributed by atoms with Crippen LogP contribution in [0.5, 0.6) is 0 Å². The molecule has 0 fully saturated rings. The number of hydrogen-bond acceptors (Lipinski definition) is 4. The smallest absolute Gasteiger partial charge is 0.269 e. The number of nitro groups is 1.